The summed E-state index contributed by atoms with van der Waals surface area (Å²) in [6.45, 7) is 4.09. The van der Waals surface area contributed by atoms with Gasteiger partial charge in [0.05, 0.1) is 24.8 Å². The average molecular weight is 346 g/mol. The highest BCUT2D eigenvalue weighted by Gasteiger charge is 2.45. The number of nitrogens with zero attached hydrogens (tertiary/aromatic N) is 1. The van der Waals surface area contributed by atoms with Crippen LogP contribution < -0.4 is 5.32 Å². The number of aliphatic hydroxyl groups is 1. The molecule has 2 atom stereocenters. The fourth-order valence-corrected chi connectivity index (χ4v) is 4.17. The number of piperidine rings is 1. The SMILES string of the molecule is COC(=O)c1ccc(C)c(NC(=O)CN2C3CCC2CC(C)(O)C3)c1. The number of carbonyl (C=O) groups is 2. The third-order valence-corrected chi connectivity index (χ3v) is 5.38. The number of amides is 1. The number of carbonyl (C=O) groups excluding carboxylic acids is 2. The van der Waals surface area contributed by atoms with E-state index in [0.29, 0.717) is 30.6 Å². The van der Waals surface area contributed by atoms with Crippen molar-refractivity contribution < 1.29 is 19.4 Å². The van der Waals surface area contributed by atoms with Crippen molar-refractivity contribution in [1.82, 2.24) is 4.90 Å². The molecule has 2 unspecified atom stereocenters. The number of ether oxygens (including phenoxy) is 1. The van der Waals surface area contributed by atoms with Crippen LogP contribution >= 0.6 is 0 Å². The predicted octanol–water partition coefficient (Wildman–Crippen LogP) is 2.10. The van der Waals surface area contributed by atoms with E-state index in [2.05, 4.69) is 10.2 Å². The first-order chi connectivity index (χ1) is 11.8. The third kappa shape index (κ3) is 3.85. The highest BCUT2D eigenvalue weighted by molar-refractivity contribution is 5.96. The maximum Gasteiger partial charge on any atom is 0.337 e. The highest BCUT2D eigenvalue weighted by Crippen LogP contribution is 2.40. The molecular weight excluding hydrogens is 320 g/mol. The summed E-state index contributed by atoms with van der Waals surface area (Å²) in [4.78, 5) is 26.4. The molecule has 2 aliphatic heterocycles. The second-order valence-electron chi connectivity index (χ2n) is 7.53. The summed E-state index contributed by atoms with van der Waals surface area (Å²) in [5.74, 6) is -0.518. The molecule has 0 spiro atoms. The first-order valence-electron chi connectivity index (χ1n) is 8.76. The van der Waals surface area contributed by atoms with E-state index >= 15 is 0 Å². The molecule has 1 aromatic rings. The number of anilines is 1. The summed E-state index contributed by atoms with van der Waals surface area (Å²) in [6.07, 6.45) is 3.50. The third-order valence-electron chi connectivity index (χ3n) is 5.38. The molecule has 2 bridgehead atoms. The number of nitrogens with one attached hydrogen (secondary N) is 1. The predicted molar refractivity (Wildman–Crippen MR) is 94.5 cm³/mol. The Morgan fingerprint density at radius 2 is 1.96 bits per heavy atom. The lowest BCUT2D eigenvalue weighted by molar-refractivity contribution is -0.120. The van der Waals surface area contributed by atoms with Crippen LogP contribution in [0.5, 0.6) is 0 Å². The summed E-state index contributed by atoms with van der Waals surface area (Å²) in [5, 5.41) is 13.2. The maximum absolute atomic E-state index is 12.5. The Morgan fingerprint density at radius 1 is 1.32 bits per heavy atom. The lowest BCUT2D eigenvalue weighted by Gasteiger charge is -2.41. The van der Waals surface area contributed by atoms with E-state index in [9.17, 15) is 14.7 Å². The van der Waals surface area contributed by atoms with Crippen molar-refractivity contribution in [3.05, 3.63) is 29.3 Å². The molecule has 2 heterocycles. The van der Waals surface area contributed by atoms with E-state index in [-0.39, 0.29) is 18.0 Å². The number of rotatable bonds is 4. The average Bonchev–Trinajstić information content (AvgIpc) is 2.79. The number of benzene rings is 1. The summed E-state index contributed by atoms with van der Waals surface area (Å²) in [7, 11) is 1.33. The molecule has 0 saturated carbocycles. The number of fused-ring (bicyclic) bond motifs is 2. The molecule has 136 valence electrons. The van der Waals surface area contributed by atoms with Crippen molar-refractivity contribution in [2.75, 3.05) is 19.0 Å². The van der Waals surface area contributed by atoms with E-state index in [0.717, 1.165) is 18.4 Å². The van der Waals surface area contributed by atoms with Gasteiger partial charge in [-0.3, -0.25) is 9.69 Å². The van der Waals surface area contributed by atoms with Gasteiger partial charge in [-0.05, 0) is 57.2 Å². The lowest BCUT2D eigenvalue weighted by atomic mass is 9.88. The Bertz CT molecular complexity index is 670. The second kappa shape index (κ2) is 6.77. The van der Waals surface area contributed by atoms with Gasteiger partial charge < -0.3 is 15.2 Å². The van der Waals surface area contributed by atoms with Crippen molar-refractivity contribution in [3.8, 4) is 0 Å². The van der Waals surface area contributed by atoms with Gasteiger partial charge in [-0.15, -0.1) is 0 Å². The van der Waals surface area contributed by atoms with Crippen molar-refractivity contribution >= 4 is 17.6 Å². The number of hydrogen-bond acceptors (Lipinski definition) is 5. The van der Waals surface area contributed by atoms with Crippen LogP contribution in [0.3, 0.4) is 0 Å². The topological polar surface area (TPSA) is 78.9 Å². The van der Waals surface area contributed by atoms with Crippen molar-refractivity contribution in [3.63, 3.8) is 0 Å². The van der Waals surface area contributed by atoms with Gasteiger partial charge in [-0.1, -0.05) is 6.07 Å². The largest absolute Gasteiger partial charge is 0.465 e. The Labute approximate surface area is 148 Å². The Morgan fingerprint density at radius 3 is 2.56 bits per heavy atom. The van der Waals surface area contributed by atoms with E-state index in [1.807, 2.05) is 13.8 Å². The number of esters is 1. The van der Waals surface area contributed by atoms with E-state index in [1.54, 1.807) is 18.2 Å². The van der Waals surface area contributed by atoms with Gasteiger partial charge in [-0.25, -0.2) is 4.79 Å². The Kier molecular flexibility index (Phi) is 4.84. The van der Waals surface area contributed by atoms with Gasteiger partial charge in [0, 0.05) is 17.8 Å². The molecule has 2 saturated heterocycles. The molecule has 0 aromatic heterocycles. The number of aryl methyl sites for hydroxylation is 1. The fraction of sp³-hybridized carbons (Fsp3) is 0.579. The van der Waals surface area contributed by atoms with Crippen LogP contribution in [0.4, 0.5) is 5.69 Å². The minimum Gasteiger partial charge on any atom is -0.465 e. The van der Waals surface area contributed by atoms with E-state index < -0.39 is 11.6 Å². The standard InChI is InChI=1S/C19H26N2O4/c1-12-4-5-13(18(23)25-3)8-16(12)20-17(22)11-21-14-6-7-15(21)10-19(2,24)9-14/h4-5,8,14-15,24H,6-7,9-11H2,1-3H3,(H,20,22). The summed E-state index contributed by atoms with van der Waals surface area (Å²) in [5.41, 5.74) is 1.32. The zero-order valence-corrected chi connectivity index (χ0v) is 15.0. The van der Waals surface area contributed by atoms with Gasteiger partial charge >= 0.3 is 5.97 Å². The monoisotopic (exact) mass is 346 g/mol. The minimum absolute atomic E-state index is 0.0939. The molecular formula is C19H26N2O4. The highest BCUT2D eigenvalue weighted by atomic mass is 16.5. The molecule has 0 radical (unpaired) electrons. The summed E-state index contributed by atoms with van der Waals surface area (Å²) >= 11 is 0. The van der Waals surface area contributed by atoms with Crippen LogP contribution in [-0.4, -0.2) is 53.2 Å². The molecule has 6 nitrogen and oxygen atoms in total. The maximum atomic E-state index is 12.5. The van der Waals surface area contributed by atoms with Crippen LogP contribution in [0.2, 0.25) is 0 Å². The van der Waals surface area contributed by atoms with Crippen LogP contribution in [0.1, 0.15) is 48.5 Å². The smallest absolute Gasteiger partial charge is 0.337 e. The molecule has 1 amide bonds. The molecule has 6 heteroatoms. The van der Waals surface area contributed by atoms with E-state index in [4.69, 9.17) is 4.74 Å². The molecule has 1 aromatic carbocycles. The molecule has 2 N–H and O–H groups in total. The second-order valence-corrected chi connectivity index (χ2v) is 7.53. The molecule has 2 aliphatic rings. The van der Waals surface area contributed by atoms with Crippen LogP contribution in [0.25, 0.3) is 0 Å². The molecule has 25 heavy (non-hydrogen) atoms. The minimum atomic E-state index is -0.621. The molecule has 2 fully saturated rings. The van der Waals surface area contributed by atoms with Crippen molar-refractivity contribution in [1.29, 1.82) is 0 Å². The quantitative estimate of drug-likeness (QED) is 0.816. The first-order valence-corrected chi connectivity index (χ1v) is 8.76. The lowest BCUT2D eigenvalue weighted by Crippen LogP contribution is -2.51. The molecule has 3 rings (SSSR count). The van der Waals surface area contributed by atoms with Crippen molar-refractivity contribution in [2.24, 2.45) is 0 Å². The molecule has 0 aliphatic carbocycles. The number of methoxy groups -OCH3 is 1. The zero-order valence-electron chi connectivity index (χ0n) is 15.0. The number of hydrogen-bond donors (Lipinski definition) is 2. The van der Waals surface area contributed by atoms with Gasteiger partial charge in [0.25, 0.3) is 0 Å². The van der Waals surface area contributed by atoms with Crippen LogP contribution in [0.15, 0.2) is 18.2 Å². The Balaban J connectivity index is 1.67. The van der Waals surface area contributed by atoms with Crippen LogP contribution in [-0.2, 0) is 9.53 Å². The van der Waals surface area contributed by atoms with Gasteiger partial charge in [0.2, 0.25) is 5.91 Å². The normalized spacial score (nSPS) is 28.6. The van der Waals surface area contributed by atoms with E-state index in [1.165, 1.54) is 7.11 Å². The van der Waals surface area contributed by atoms with Gasteiger partial charge in [-0.2, -0.15) is 0 Å². The summed E-state index contributed by atoms with van der Waals surface area (Å²) < 4.78 is 4.73. The fourth-order valence-electron chi connectivity index (χ4n) is 4.17. The van der Waals surface area contributed by atoms with Gasteiger partial charge in [0.1, 0.15) is 0 Å². The van der Waals surface area contributed by atoms with Crippen molar-refractivity contribution in [2.45, 2.75) is 57.2 Å². The summed E-state index contributed by atoms with van der Waals surface area (Å²) in [6, 6.07) is 5.66. The first kappa shape index (κ1) is 17.9. The zero-order chi connectivity index (χ0) is 18.2. The Hall–Kier alpha value is -1.92. The van der Waals surface area contributed by atoms with Crippen LogP contribution in [0, 0.1) is 6.92 Å². The van der Waals surface area contributed by atoms with Gasteiger partial charge in [0.15, 0.2) is 0 Å².